The second kappa shape index (κ2) is 6.61. The Hall–Kier alpha value is -1.60. The minimum absolute atomic E-state index is 0.0210. The zero-order valence-electron chi connectivity index (χ0n) is 14.3. The zero-order valence-corrected chi connectivity index (χ0v) is 15.1. The third kappa shape index (κ3) is 3.67. The van der Waals surface area contributed by atoms with Gasteiger partial charge < -0.3 is 10.6 Å². The Bertz CT molecular complexity index is 753. The second-order valence-corrected chi connectivity index (χ2v) is 9.53. The predicted molar refractivity (Wildman–Crippen MR) is 98.1 cm³/mol. The van der Waals surface area contributed by atoms with Gasteiger partial charge in [-0.05, 0) is 56.2 Å². The van der Waals surface area contributed by atoms with E-state index in [-0.39, 0.29) is 11.7 Å². The minimum Gasteiger partial charge on any atom is -0.326 e. The number of carbonyl (C=O) groups is 1. The van der Waals surface area contributed by atoms with Crippen LogP contribution in [-0.2, 0) is 14.8 Å². The maximum Gasteiger partial charge on any atom is 0.235 e. The first-order chi connectivity index (χ1) is 12.0. The largest absolute Gasteiger partial charge is 0.326 e. The molecule has 1 amide bonds. The molecule has 3 saturated heterocycles. The second-order valence-electron chi connectivity index (χ2n) is 7.52. The Morgan fingerprint density at radius 3 is 2.68 bits per heavy atom. The summed E-state index contributed by atoms with van der Waals surface area (Å²) in [6.07, 6.45) is 5.81. The number of nitrogens with zero attached hydrogens (tertiary/aromatic N) is 1. The van der Waals surface area contributed by atoms with Crippen LogP contribution >= 0.6 is 0 Å². The van der Waals surface area contributed by atoms with Gasteiger partial charge in [0.25, 0.3) is 0 Å². The van der Waals surface area contributed by atoms with Crippen LogP contribution in [0.15, 0.2) is 24.3 Å². The predicted octanol–water partition coefficient (Wildman–Crippen LogP) is 2.09. The van der Waals surface area contributed by atoms with Gasteiger partial charge in [0, 0.05) is 30.7 Å². The van der Waals surface area contributed by atoms with E-state index in [0.717, 1.165) is 12.8 Å². The van der Waals surface area contributed by atoms with Crippen molar-refractivity contribution in [3.05, 3.63) is 24.3 Å². The van der Waals surface area contributed by atoms with Gasteiger partial charge in [-0.25, -0.2) is 8.42 Å². The number of nitrogens with one attached hydrogen (secondary N) is 2. The zero-order chi connectivity index (χ0) is 17.4. The first-order valence-electron chi connectivity index (χ1n) is 9.16. The van der Waals surface area contributed by atoms with E-state index < -0.39 is 10.0 Å². The summed E-state index contributed by atoms with van der Waals surface area (Å²) in [4.78, 5) is 12.4. The van der Waals surface area contributed by atoms with Gasteiger partial charge in [-0.2, -0.15) is 0 Å². The summed E-state index contributed by atoms with van der Waals surface area (Å²) in [5, 5.41) is 6.55. The molecule has 1 aromatic carbocycles. The van der Waals surface area contributed by atoms with Crippen molar-refractivity contribution >= 4 is 27.3 Å². The van der Waals surface area contributed by atoms with E-state index in [1.807, 2.05) is 6.07 Å². The Morgan fingerprint density at radius 1 is 1.24 bits per heavy atom. The minimum atomic E-state index is -3.20. The smallest absolute Gasteiger partial charge is 0.235 e. The highest BCUT2D eigenvalue weighted by molar-refractivity contribution is 7.93. The Labute approximate surface area is 149 Å². The molecule has 2 bridgehead atoms. The molecule has 25 heavy (non-hydrogen) atoms. The van der Waals surface area contributed by atoms with Crippen molar-refractivity contribution in [2.45, 2.75) is 50.6 Å². The lowest BCUT2D eigenvalue weighted by molar-refractivity contribution is -0.117. The summed E-state index contributed by atoms with van der Waals surface area (Å²) in [6, 6.07) is 8.32. The molecule has 3 aliphatic rings. The molecule has 7 heteroatoms. The number of rotatable bonds is 4. The molecule has 2 N–H and O–H groups in total. The lowest BCUT2D eigenvalue weighted by Gasteiger charge is -2.28. The highest BCUT2D eigenvalue weighted by Gasteiger charge is 2.34. The third-order valence-corrected chi connectivity index (χ3v) is 7.43. The van der Waals surface area contributed by atoms with Gasteiger partial charge in [0.15, 0.2) is 0 Å². The van der Waals surface area contributed by atoms with E-state index in [4.69, 9.17) is 0 Å². The van der Waals surface area contributed by atoms with Crippen molar-refractivity contribution in [3.8, 4) is 0 Å². The first-order valence-corrected chi connectivity index (χ1v) is 10.8. The lowest BCUT2D eigenvalue weighted by Crippen LogP contribution is -2.39. The topological polar surface area (TPSA) is 78.5 Å². The molecule has 2 atom stereocenters. The van der Waals surface area contributed by atoms with Crippen molar-refractivity contribution in [1.29, 1.82) is 0 Å². The van der Waals surface area contributed by atoms with Crippen molar-refractivity contribution < 1.29 is 13.2 Å². The number of carbonyl (C=O) groups excluding carboxylic acids is 1. The Morgan fingerprint density at radius 2 is 2.00 bits per heavy atom. The Kier molecular flexibility index (Phi) is 4.45. The van der Waals surface area contributed by atoms with Crippen molar-refractivity contribution in [1.82, 2.24) is 5.32 Å². The molecule has 1 aromatic rings. The molecule has 6 nitrogen and oxygen atoms in total. The Balaban J connectivity index is 1.39. The van der Waals surface area contributed by atoms with Crippen LogP contribution in [0.2, 0.25) is 0 Å². The standard InChI is InChI=1S/C18H25N3O3S/c22-18(11-13-9-15-5-6-16(10-13)19-15)20-14-3-1-4-17(12-14)21-7-2-8-25(21,23)24/h1,3-4,12-13,15-16,19H,2,5-11H2,(H,20,22). The van der Waals surface area contributed by atoms with Crippen molar-refractivity contribution in [3.63, 3.8) is 0 Å². The van der Waals surface area contributed by atoms with Gasteiger partial charge >= 0.3 is 0 Å². The lowest BCUT2D eigenvalue weighted by atomic mass is 9.89. The van der Waals surface area contributed by atoms with Crippen LogP contribution in [0.3, 0.4) is 0 Å². The fourth-order valence-electron chi connectivity index (χ4n) is 4.48. The monoisotopic (exact) mass is 363 g/mol. The fourth-order valence-corrected chi connectivity index (χ4v) is 6.04. The number of sulfonamides is 1. The summed E-state index contributed by atoms with van der Waals surface area (Å²) in [5.41, 5.74) is 1.30. The van der Waals surface area contributed by atoms with Crippen LogP contribution in [0.5, 0.6) is 0 Å². The number of fused-ring (bicyclic) bond motifs is 2. The van der Waals surface area contributed by atoms with Crippen LogP contribution in [0.25, 0.3) is 0 Å². The average molecular weight is 363 g/mol. The molecule has 3 heterocycles. The van der Waals surface area contributed by atoms with Gasteiger partial charge in [0.2, 0.25) is 15.9 Å². The van der Waals surface area contributed by atoms with E-state index in [1.54, 1.807) is 18.2 Å². The molecule has 3 fully saturated rings. The number of piperidine rings is 1. The molecule has 0 saturated carbocycles. The van der Waals surface area contributed by atoms with Gasteiger partial charge in [0.05, 0.1) is 11.4 Å². The van der Waals surface area contributed by atoms with Crippen LogP contribution in [0.1, 0.15) is 38.5 Å². The maximum absolute atomic E-state index is 12.4. The van der Waals surface area contributed by atoms with E-state index in [2.05, 4.69) is 10.6 Å². The quantitative estimate of drug-likeness (QED) is 0.859. The SMILES string of the molecule is O=C(CC1CC2CCC(C1)N2)Nc1cccc(N2CCCS2(=O)=O)c1. The summed E-state index contributed by atoms with van der Waals surface area (Å²) in [7, 11) is -3.20. The van der Waals surface area contributed by atoms with Crippen LogP contribution in [0.4, 0.5) is 11.4 Å². The molecule has 0 aliphatic carbocycles. The van der Waals surface area contributed by atoms with Gasteiger partial charge in [-0.15, -0.1) is 0 Å². The van der Waals surface area contributed by atoms with Crippen LogP contribution in [0, 0.1) is 5.92 Å². The normalized spacial score (nSPS) is 30.4. The number of amides is 1. The summed E-state index contributed by atoms with van der Waals surface area (Å²) in [5.74, 6) is 0.662. The third-order valence-electron chi connectivity index (χ3n) is 5.56. The fraction of sp³-hybridized carbons (Fsp3) is 0.611. The van der Waals surface area contributed by atoms with E-state index >= 15 is 0 Å². The number of anilines is 2. The average Bonchev–Trinajstić information content (AvgIpc) is 3.08. The van der Waals surface area contributed by atoms with E-state index in [1.165, 1.54) is 17.1 Å². The molecule has 4 rings (SSSR count). The molecular weight excluding hydrogens is 338 g/mol. The van der Waals surface area contributed by atoms with Crippen molar-refractivity contribution in [2.24, 2.45) is 5.92 Å². The highest BCUT2D eigenvalue weighted by atomic mass is 32.2. The molecule has 136 valence electrons. The molecular formula is C18H25N3O3S. The first kappa shape index (κ1) is 16.8. The summed E-state index contributed by atoms with van der Waals surface area (Å²) in [6.45, 7) is 0.511. The van der Waals surface area contributed by atoms with Gasteiger partial charge in [0.1, 0.15) is 0 Å². The van der Waals surface area contributed by atoms with Gasteiger partial charge in [-0.1, -0.05) is 6.07 Å². The van der Waals surface area contributed by atoms with E-state index in [0.29, 0.717) is 48.8 Å². The number of benzene rings is 1. The molecule has 0 aromatic heterocycles. The summed E-state index contributed by atoms with van der Waals surface area (Å²) >= 11 is 0. The highest BCUT2D eigenvalue weighted by Crippen LogP contribution is 2.33. The number of hydrogen-bond donors (Lipinski definition) is 2. The summed E-state index contributed by atoms with van der Waals surface area (Å²) < 4.78 is 25.6. The van der Waals surface area contributed by atoms with Crippen LogP contribution in [-0.4, -0.2) is 38.7 Å². The number of hydrogen-bond acceptors (Lipinski definition) is 4. The molecule has 0 radical (unpaired) electrons. The molecule has 3 aliphatic heterocycles. The van der Waals surface area contributed by atoms with Crippen molar-refractivity contribution in [2.75, 3.05) is 21.9 Å². The van der Waals surface area contributed by atoms with Gasteiger partial charge in [-0.3, -0.25) is 9.10 Å². The molecule has 0 spiro atoms. The molecule has 2 unspecified atom stereocenters. The maximum atomic E-state index is 12.4. The van der Waals surface area contributed by atoms with Crippen LogP contribution < -0.4 is 14.9 Å². The van der Waals surface area contributed by atoms with E-state index in [9.17, 15) is 13.2 Å².